The quantitative estimate of drug-likeness (QED) is 0.560. The summed E-state index contributed by atoms with van der Waals surface area (Å²) in [6.45, 7) is 5.14. The van der Waals surface area contributed by atoms with E-state index < -0.39 is 5.60 Å². The largest absolute Gasteiger partial charge is 0.463 e. The molecule has 2 rings (SSSR count). The molecule has 2 atom stereocenters. The Bertz CT molecular complexity index is 409. The third-order valence-electron chi connectivity index (χ3n) is 3.41. The van der Waals surface area contributed by atoms with Crippen molar-refractivity contribution in [3.8, 4) is 0 Å². The van der Waals surface area contributed by atoms with Gasteiger partial charge in [-0.1, -0.05) is 44.2 Å². The number of hydrogen-bond donors (Lipinski definition) is 0. The topological polar surface area (TPSA) is 38.8 Å². The van der Waals surface area contributed by atoms with Crippen LogP contribution in [0.1, 0.15) is 32.3 Å². The maximum absolute atomic E-state index is 11.9. The summed E-state index contributed by atoms with van der Waals surface area (Å²) in [5.41, 5.74) is 0.649. The monoisotopic (exact) mass is 262 g/mol. The highest BCUT2D eigenvalue weighted by Gasteiger charge is 2.54. The van der Waals surface area contributed by atoms with E-state index >= 15 is 0 Å². The number of ether oxygens (including phenoxy) is 2. The van der Waals surface area contributed by atoms with Crippen LogP contribution in [0.3, 0.4) is 0 Å². The molecule has 0 N–H and O–H groups in total. The van der Waals surface area contributed by atoms with E-state index in [0.29, 0.717) is 19.1 Å². The zero-order chi connectivity index (χ0) is 13.7. The molecule has 3 heteroatoms. The highest BCUT2D eigenvalue weighted by molar-refractivity contribution is 5.82. The average molecular weight is 262 g/mol. The van der Waals surface area contributed by atoms with Gasteiger partial charge in [-0.3, -0.25) is 0 Å². The van der Waals surface area contributed by atoms with Crippen molar-refractivity contribution in [1.29, 1.82) is 0 Å². The van der Waals surface area contributed by atoms with Crippen LogP contribution in [0.2, 0.25) is 0 Å². The average Bonchev–Trinajstić information content (AvgIpc) is 3.17. The van der Waals surface area contributed by atoms with Crippen LogP contribution >= 0.6 is 0 Å². The second kappa shape index (κ2) is 6.20. The maximum atomic E-state index is 11.9. The van der Waals surface area contributed by atoms with Crippen molar-refractivity contribution in [3.63, 3.8) is 0 Å². The Hall–Kier alpha value is -1.35. The molecule has 0 spiro atoms. The minimum atomic E-state index is -0.649. The molecule has 0 aromatic heterocycles. The first-order chi connectivity index (χ1) is 9.16. The summed E-state index contributed by atoms with van der Waals surface area (Å²) in [6.07, 6.45) is 2.55. The SMILES string of the molecule is CCCOC(=O)C1(CC(C)Cc2ccccc2)CO1. The summed E-state index contributed by atoms with van der Waals surface area (Å²) >= 11 is 0. The van der Waals surface area contributed by atoms with Gasteiger partial charge in [-0.05, 0) is 30.7 Å². The smallest absolute Gasteiger partial charge is 0.340 e. The Labute approximate surface area is 114 Å². The van der Waals surface area contributed by atoms with Crippen LogP contribution in [0.5, 0.6) is 0 Å². The lowest BCUT2D eigenvalue weighted by molar-refractivity contribution is -0.150. The summed E-state index contributed by atoms with van der Waals surface area (Å²) < 4.78 is 10.6. The van der Waals surface area contributed by atoms with Gasteiger partial charge in [-0.2, -0.15) is 0 Å². The molecule has 1 aliphatic rings. The zero-order valence-corrected chi connectivity index (χ0v) is 11.7. The molecule has 104 valence electrons. The normalized spacial score (nSPS) is 22.8. The molecule has 0 saturated carbocycles. The zero-order valence-electron chi connectivity index (χ0n) is 11.7. The van der Waals surface area contributed by atoms with Gasteiger partial charge in [0.2, 0.25) is 0 Å². The molecule has 19 heavy (non-hydrogen) atoms. The molecule has 1 heterocycles. The van der Waals surface area contributed by atoms with Crippen LogP contribution in [-0.4, -0.2) is 24.8 Å². The number of benzene rings is 1. The Balaban J connectivity index is 1.85. The molecule has 0 amide bonds. The number of epoxide rings is 1. The first kappa shape index (κ1) is 14.1. The van der Waals surface area contributed by atoms with E-state index in [9.17, 15) is 4.79 Å². The maximum Gasteiger partial charge on any atom is 0.340 e. The molecule has 3 nitrogen and oxygen atoms in total. The van der Waals surface area contributed by atoms with E-state index in [2.05, 4.69) is 19.1 Å². The van der Waals surface area contributed by atoms with Crippen LogP contribution in [0.15, 0.2) is 30.3 Å². The number of esters is 1. The van der Waals surface area contributed by atoms with Gasteiger partial charge in [0.1, 0.15) is 0 Å². The molecule has 0 aliphatic carbocycles. The summed E-state index contributed by atoms with van der Waals surface area (Å²) in [6, 6.07) is 10.3. The van der Waals surface area contributed by atoms with E-state index in [1.54, 1.807) is 0 Å². The van der Waals surface area contributed by atoms with Crippen molar-refractivity contribution < 1.29 is 14.3 Å². The van der Waals surface area contributed by atoms with Crippen molar-refractivity contribution in [2.24, 2.45) is 5.92 Å². The van der Waals surface area contributed by atoms with Crippen molar-refractivity contribution >= 4 is 5.97 Å². The lowest BCUT2D eigenvalue weighted by atomic mass is 9.91. The predicted molar refractivity (Wildman–Crippen MR) is 73.9 cm³/mol. The Morgan fingerprint density at radius 1 is 1.42 bits per heavy atom. The van der Waals surface area contributed by atoms with Gasteiger partial charge in [-0.15, -0.1) is 0 Å². The molecule has 1 aliphatic heterocycles. The van der Waals surface area contributed by atoms with Gasteiger partial charge in [0.05, 0.1) is 13.2 Å². The van der Waals surface area contributed by atoms with Gasteiger partial charge in [0.15, 0.2) is 5.60 Å². The number of hydrogen-bond acceptors (Lipinski definition) is 3. The fraction of sp³-hybridized carbons (Fsp3) is 0.562. The number of carbonyl (C=O) groups excluding carboxylic acids is 1. The minimum absolute atomic E-state index is 0.186. The van der Waals surface area contributed by atoms with Crippen LogP contribution in [0.4, 0.5) is 0 Å². The molecule has 2 unspecified atom stereocenters. The summed E-state index contributed by atoms with van der Waals surface area (Å²) in [5.74, 6) is 0.216. The molecule has 1 aromatic rings. The number of carbonyl (C=O) groups is 1. The summed E-state index contributed by atoms with van der Waals surface area (Å²) in [4.78, 5) is 11.9. The Kier molecular flexibility index (Phi) is 4.59. The second-order valence-electron chi connectivity index (χ2n) is 5.42. The lowest BCUT2D eigenvalue weighted by Gasteiger charge is -2.16. The highest BCUT2D eigenvalue weighted by Crippen LogP contribution is 2.36. The van der Waals surface area contributed by atoms with Crippen molar-refractivity contribution in [1.82, 2.24) is 0 Å². The molecular formula is C16H22O3. The molecule has 1 fully saturated rings. The fourth-order valence-corrected chi connectivity index (χ4v) is 2.38. The van der Waals surface area contributed by atoms with Gasteiger partial charge in [0, 0.05) is 0 Å². The minimum Gasteiger partial charge on any atom is -0.463 e. The second-order valence-corrected chi connectivity index (χ2v) is 5.42. The molecule has 0 bridgehead atoms. The van der Waals surface area contributed by atoms with E-state index in [0.717, 1.165) is 19.3 Å². The van der Waals surface area contributed by atoms with E-state index in [-0.39, 0.29) is 5.97 Å². The highest BCUT2D eigenvalue weighted by atomic mass is 16.6. The van der Waals surface area contributed by atoms with Gasteiger partial charge in [-0.25, -0.2) is 4.79 Å². The Morgan fingerprint density at radius 3 is 2.68 bits per heavy atom. The lowest BCUT2D eigenvalue weighted by Crippen LogP contribution is -2.30. The first-order valence-corrected chi connectivity index (χ1v) is 7.01. The predicted octanol–water partition coefficient (Wildman–Crippen LogP) is 2.98. The van der Waals surface area contributed by atoms with Crippen molar-refractivity contribution in [3.05, 3.63) is 35.9 Å². The van der Waals surface area contributed by atoms with Crippen LogP contribution in [0, 0.1) is 5.92 Å². The van der Waals surface area contributed by atoms with E-state index in [1.807, 2.05) is 25.1 Å². The third-order valence-corrected chi connectivity index (χ3v) is 3.41. The summed E-state index contributed by atoms with van der Waals surface area (Å²) in [5, 5.41) is 0. The van der Waals surface area contributed by atoms with Gasteiger partial charge >= 0.3 is 5.97 Å². The van der Waals surface area contributed by atoms with E-state index in [1.165, 1.54) is 5.56 Å². The first-order valence-electron chi connectivity index (χ1n) is 7.01. The number of rotatable bonds is 7. The van der Waals surface area contributed by atoms with Gasteiger partial charge < -0.3 is 9.47 Å². The molecular weight excluding hydrogens is 240 g/mol. The standard InChI is InChI=1S/C16H22O3/c1-3-9-18-15(17)16(12-19-16)11-13(2)10-14-7-5-4-6-8-14/h4-8,13H,3,9-12H2,1-2H3. The van der Waals surface area contributed by atoms with Crippen molar-refractivity contribution in [2.75, 3.05) is 13.2 Å². The van der Waals surface area contributed by atoms with Crippen LogP contribution in [0.25, 0.3) is 0 Å². The molecule has 0 radical (unpaired) electrons. The molecule has 1 aromatic carbocycles. The van der Waals surface area contributed by atoms with Gasteiger partial charge in [0.25, 0.3) is 0 Å². The van der Waals surface area contributed by atoms with E-state index in [4.69, 9.17) is 9.47 Å². The van der Waals surface area contributed by atoms with Crippen molar-refractivity contribution in [2.45, 2.75) is 38.7 Å². The fourth-order valence-electron chi connectivity index (χ4n) is 2.38. The molecule has 1 saturated heterocycles. The summed E-state index contributed by atoms with van der Waals surface area (Å²) in [7, 11) is 0. The van der Waals surface area contributed by atoms with Crippen LogP contribution < -0.4 is 0 Å². The van der Waals surface area contributed by atoms with Crippen LogP contribution in [-0.2, 0) is 20.7 Å². The third kappa shape index (κ3) is 3.80. The Morgan fingerprint density at radius 2 is 2.11 bits per heavy atom.